The topological polar surface area (TPSA) is 129 Å². The number of aromatic nitrogens is 5. The van der Waals surface area contributed by atoms with Gasteiger partial charge in [-0.3, -0.25) is 24.1 Å². The number of carbonyl (C=O) groups excluding carboxylic acids is 1. The third-order valence-electron chi connectivity index (χ3n) is 6.95. The van der Waals surface area contributed by atoms with Crippen molar-refractivity contribution in [2.75, 3.05) is 18.0 Å². The van der Waals surface area contributed by atoms with Gasteiger partial charge in [0.15, 0.2) is 5.82 Å². The highest BCUT2D eigenvalue weighted by Gasteiger charge is 2.25. The molecule has 10 nitrogen and oxygen atoms in total. The number of hydrogen-bond acceptors (Lipinski definition) is 8. The normalized spacial score (nSPS) is 13.8. The second-order valence-electron chi connectivity index (χ2n) is 9.74. The number of halogens is 3. The van der Waals surface area contributed by atoms with Crippen LogP contribution in [0.5, 0.6) is 5.75 Å². The van der Waals surface area contributed by atoms with E-state index in [4.69, 9.17) is 22.1 Å². The van der Waals surface area contributed by atoms with E-state index in [1.54, 1.807) is 37.5 Å². The predicted molar refractivity (Wildman–Crippen MR) is 148 cm³/mol. The average molecular weight is 582 g/mol. The van der Waals surface area contributed by atoms with E-state index in [2.05, 4.69) is 19.9 Å². The largest absolute Gasteiger partial charge is 0.485 e. The number of pyridine rings is 3. The Kier molecular flexibility index (Phi) is 7.93. The van der Waals surface area contributed by atoms with Crippen molar-refractivity contribution in [1.29, 1.82) is 0 Å². The Balaban J connectivity index is 1.43. The van der Waals surface area contributed by atoms with Crippen molar-refractivity contribution < 1.29 is 18.3 Å². The van der Waals surface area contributed by atoms with E-state index in [-0.39, 0.29) is 34.9 Å². The van der Waals surface area contributed by atoms with Gasteiger partial charge in [-0.2, -0.15) is 0 Å². The number of ether oxygens (including phenoxy) is 1. The molecular weight excluding hydrogens is 556 g/mol. The second-order valence-corrected chi connectivity index (χ2v) is 10.1. The van der Waals surface area contributed by atoms with Crippen molar-refractivity contribution in [1.82, 2.24) is 24.5 Å². The van der Waals surface area contributed by atoms with Crippen LogP contribution in [0, 0.1) is 31.4 Å². The summed E-state index contributed by atoms with van der Waals surface area (Å²) in [7, 11) is 0. The van der Waals surface area contributed by atoms with Crippen LogP contribution >= 0.6 is 11.6 Å². The molecule has 212 valence electrons. The van der Waals surface area contributed by atoms with Crippen LogP contribution in [0.15, 0.2) is 47.7 Å². The van der Waals surface area contributed by atoms with Gasteiger partial charge in [0.25, 0.3) is 5.56 Å². The van der Waals surface area contributed by atoms with Gasteiger partial charge >= 0.3 is 0 Å². The van der Waals surface area contributed by atoms with Crippen LogP contribution in [0.25, 0.3) is 17.1 Å². The number of rotatable bonds is 7. The fraction of sp³-hybridized carbons (Fsp3) is 0.286. The molecule has 0 aliphatic carbocycles. The summed E-state index contributed by atoms with van der Waals surface area (Å²) in [6, 6.07) is 5.73. The van der Waals surface area contributed by atoms with Crippen LogP contribution < -0.4 is 20.9 Å². The van der Waals surface area contributed by atoms with E-state index in [1.165, 1.54) is 4.57 Å². The molecule has 0 atom stereocenters. The Morgan fingerprint density at radius 1 is 1.10 bits per heavy atom. The molecule has 5 heterocycles. The zero-order valence-electron chi connectivity index (χ0n) is 22.3. The van der Waals surface area contributed by atoms with Crippen molar-refractivity contribution in [2.45, 2.75) is 33.3 Å². The smallest absolute Gasteiger partial charge is 0.277 e. The van der Waals surface area contributed by atoms with Gasteiger partial charge in [-0.1, -0.05) is 11.6 Å². The van der Waals surface area contributed by atoms with Crippen molar-refractivity contribution in [2.24, 2.45) is 11.7 Å². The second kappa shape index (κ2) is 11.6. The summed E-state index contributed by atoms with van der Waals surface area (Å²) in [5.41, 5.74) is 7.61. The Hall–Kier alpha value is -4.45. The van der Waals surface area contributed by atoms with Crippen LogP contribution in [-0.4, -0.2) is 43.5 Å². The summed E-state index contributed by atoms with van der Waals surface area (Å²) >= 11 is 6.39. The summed E-state index contributed by atoms with van der Waals surface area (Å²) in [4.78, 5) is 44.2. The number of carbonyl (C=O) groups is 1. The standard InChI is InChI=1S/C28H26ClF2N7O3/c1-15-12-34-21(20-3-6-33-28(36-20)37-7-4-17(5-8-37)26(32)39)11-23(15)38-16(2)9-24(25(29)27(38)40)41-14-22-19(31)10-18(30)13-35-22/h3,6,9-13,17H,4-5,7-8,14H2,1-2H3,(H2,32,39). The maximum atomic E-state index is 14.0. The van der Waals surface area contributed by atoms with Crippen LogP contribution in [0.1, 0.15) is 29.8 Å². The molecule has 41 heavy (non-hydrogen) atoms. The Bertz CT molecular complexity index is 1690. The monoisotopic (exact) mass is 581 g/mol. The molecule has 0 radical (unpaired) electrons. The summed E-state index contributed by atoms with van der Waals surface area (Å²) in [5, 5.41) is -0.209. The molecule has 1 saturated heterocycles. The van der Waals surface area contributed by atoms with Gasteiger partial charge in [0, 0.05) is 49.2 Å². The molecule has 0 spiro atoms. The molecule has 0 saturated carbocycles. The molecule has 0 aromatic carbocycles. The molecule has 13 heteroatoms. The fourth-order valence-corrected chi connectivity index (χ4v) is 4.88. The number of primary amides is 1. The van der Waals surface area contributed by atoms with Gasteiger partial charge < -0.3 is 15.4 Å². The minimum Gasteiger partial charge on any atom is -0.485 e. The first-order valence-corrected chi connectivity index (χ1v) is 13.2. The summed E-state index contributed by atoms with van der Waals surface area (Å²) in [5.74, 6) is -1.56. The highest BCUT2D eigenvalue weighted by molar-refractivity contribution is 6.31. The van der Waals surface area contributed by atoms with Crippen molar-refractivity contribution >= 4 is 23.5 Å². The van der Waals surface area contributed by atoms with Crippen LogP contribution in [-0.2, 0) is 11.4 Å². The quantitative estimate of drug-likeness (QED) is 0.348. The lowest BCUT2D eigenvalue weighted by molar-refractivity contribution is -0.122. The lowest BCUT2D eigenvalue weighted by atomic mass is 9.96. The molecule has 1 aliphatic rings. The maximum Gasteiger partial charge on any atom is 0.277 e. The van der Waals surface area contributed by atoms with Crippen molar-refractivity contribution in [3.8, 4) is 22.8 Å². The maximum absolute atomic E-state index is 14.0. The first kappa shape index (κ1) is 28.1. The van der Waals surface area contributed by atoms with Gasteiger partial charge in [-0.25, -0.2) is 18.7 Å². The number of anilines is 1. The first-order chi connectivity index (χ1) is 19.6. The van der Waals surface area contributed by atoms with Crippen molar-refractivity contribution in [3.05, 3.63) is 86.8 Å². The average Bonchev–Trinajstić information content (AvgIpc) is 2.96. The van der Waals surface area contributed by atoms with Gasteiger partial charge in [0.05, 0.1) is 23.3 Å². The van der Waals surface area contributed by atoms with Crippen LogP contribution in [0.2, 0.25) is 5.02 Å². The summed E-state index contributed by atoms with van der Waals surface area (Å²) in [6.45, 7) is 4.39. The lowest BCUT2D eigenvalue weighted by Gasteiger charge is -2.30. The third-order valence-corrected chi connectivity index (χ3v) is 7.30. The Morgan fingerprint density at radius 2 is 1.85 bits per heavy atom. The molecule has 5 rings (SSSR count). The van der Waals surface area contributed by atoms with E-state index >= 15 is 0 Å². The number of piperidine rings is 1. The molecule has 4 aromatic rings. The van der Waals surface area contributed by atoms with E-state index in [9.17, 15) is 18.4 Å². The summed E-state index contributed by atoms with van der Waals surface area (Å²) < 4.78 is 34.2. The number of hydrogen-bond donors (Lipinski definition) is 1. The highest BCUT2D eigenvalue weighted by Crippen LogP contribution is 2.28. The molecular formula is C28H26ClF2N7O3. The van der Waals surface area contributed by atoms with E-state index in [0.29, 0.717) is 66.3 Å². The van der Waals surface area contributed by atoms with E-state index in [1.807, 2.05) is 11.8 Å². The molecule has 2 N–H and O–H groups in total. The summed E-state index contributed by atoms with van der Waals surface area (Å²) in [6.07, 6.45) is 5.42. The minimum atomic E-state index is -0.867. The minimum absolute atomic E-state index is 0.0448. The molecule has 1 amide bonds. The van der Waals surface area contributed by atoms with Gasteiger partial charge in [0.2, 0.25) is 11.9 Å². The Morgan fingerprint density at radius 3 is 2.56 bits per heavy atom. The van der Waals surface area contributed by atoms with E-state index < -0.39 is 17.2 Å². The first-order valence-electron chi connectivity index (χ1n) is 12.8. The zero-order chi connectivity index (χ0) is 29.3. The van der Waals surface area contributed by atoms with Gasteiger partial charge in [-0.05, 0) is 44.4 Å². The number of nitrogens with zero attached hydrogens (tertiary/aromatic N) is 6. The van der Waals surface area contributed by atoms with Gasteiger partial charge in [-0.15, -0.1) is 0 Å². The predicted octanol–water partition coefficient (Wildman–Crippen LogP) is 3.91. The number of amides is 1. The fourth-order valence-electron chi connectivity index (χ4n) is 4.68. The van der Waals surface area contributed by atoms with Crippen LogP contribution in [0.3, 0.4) is 0 Å². The zero-order valence-corrected chi connectivity index (χ0v) is 23.0. The van der Waals surface area contributed by atoms with Crippen LogP contribution in [0.4, 0.5) is 14.7 Å². The molecule has 1 aliphatic heterocycles. The van der Waals surface area contributed by atoms with Gasteiger partial charge in [0.1, 0.15) is 28.9 Å². The molecule has 0 unspecified atom stereocenters. The number of nitrogens with two attached hydrogens (primary N) is 1. The van der Waals surface area contributed by atoms with E-state index in [0.717, 1.165) is 6.20 Å². The third kappa shape index (κ3) is 5.87. The van der Waals surface area contributed by atoms with Crippen molar-refractivity contribution in [3.63, 3.8) is 0 Å². The number of aryl methyl sites for hydroxylation is 2. The SMILES string of the molecule is Cc1cnc(-c2ccnc(N3CCC(C(N)=O)CC3)n2)cc1-n1c(C)cc(OCc2ncc(F)cc2F)c(Cl)c1=O. The lowest BCUT2D eigenvalue weighted by Crippen LogP contribution is -2.39. The Labute approximate surface area is 238 Å². The molecule has 0 bridgehead atoms. The molecule has 4 aromatic heterocycles. The molecule has 1 fully saturated rings. The highest BCUT2D eigenvalue weighted by atomic mass is 35.5.